The Morgan fingerprint density at radius 2 is 2.43 bits per heavy atom. The van der Waals surface area contributed by atoms with E-state index in [9.17, 15) is 4.79 Å². The number of allylic oxidation sites excluding steroid dienone is 3. The monoisotopic (exact) mass is 291 g/mol. The van der Waals surface area contributed by atoms with Crippen molar-refractivity contribution in [3.8, 4) is 0 Å². The van der Waals surface area contributed by atoms with Crippen LogP contribution in [-0.2, 0) is 9.57 Å². The third-order valence-electron chi connectivity index (χ3n) is 2.75. The van der Waals surface area contributed by atoms with Crippen LogP contribution in [0.25, 0.3) is 0 Å². The average molecular weight is 291 g/mol. The molecule has 1 aromatic rings. The van der Waals surface area contributed by atoms with Gasteiger partial charge in [-0.05, 0) is 31.4 Å². The molecule has 1 heterocycles. The van der Waals surface area contributed by atoms with Gasteiger partial charge in [0.1, 0.15) is 18.1 Å². The second-order valence-corrected chi connectivity index (χ2v) is 4.75. The van der Waals surface area contributed by atoms with Crippen LogP contribution in [0.1, 0.15) is 29.6 Å². The van der Waals surface area contributed by atoms with Crippen LogP contribution in [0, 0.1) is 12.8 Å². The van der Waals surface area contributed by atoms with Gasteiger partial charge in [0.05, 0.1) is 0 Å². The minimum Gasteiger partial charge on any atom is -0.486 e. The van der Waals surface area contributed by atoms with Gasteiger partial charge in [-0.1, -0.05) is 23.3 Å². The molecule has 2 N–H and O–H groups in total. The van der Waals surface area contributed by atoms with Gasteiger partial charge >= 0.3 is 5.97 Å². The molecule has 7 heteroatoms. The predicted octanol–water partition coefficient (Wildman–Crippen LogP) is 1.91. The standard InChI is InChI=1S/C14H17N3O4/c1-9-3-5-11(6-4-9)19-8-13(15)17-21-14(18)12-7-10(2)20-16-12/h3,5-7,9H,4,8H2,1-2H3,(H2,15,17). The van der Waals surface area contributed by atoms with Crippen molar-refractivity contribution < 1.29 is 18.9 Å². The van der Waals surface area contributed by atoms with Crippen molar-refractivity contribution in [2.45, 2.75) is 20.3 Å². The van der Waals surface area contributed by atoms with E-state index >= 15 is 0 Å². The van der Waals surface area contributed by atoms with Crippen molar-refractivity contribution in [3.05, 3.63) is 41.5 Å². The van der Waals surface area contributed by atoms with E-state index in [1.54, 1.807) is 6.92 Å². The molecule has 0 radical (unpaired) electrons. The Kier molecular flexibility index (Phi) is 4.76. The first kappa shape index (κ1) is 14.8. The van der Waals surface area contributed by atoms with Crippen molar-refractivity contribution in [1.82, 2.24) is 5.16 Å². The van der Waals surface area contributed by atoms with Gasteiger partial charge in [0.25, 0.3) is 0 Å². The van der Waals surface area contributed by atoms with Gasteiger partial charge in [-0.25, -0.2) is 4.79 Å². The molecule has 0 aliphatic heterocycles. The van der Waals surface area contributed by atoms with Gasteiger partial charge < -0.3 is 19.8 Å². The molecule has 1 aliphatic rings. The fourth-order valence-corrected chi connectivity index (χ4v) is 1.61. The van der Waals surface area contributed by atoms with Crippen LogP contribution in [0.15, 0.2) is 39.7 Å². The first-order valence-electron chi connectivity index (χ1n) is 6.52. The van der Waals surface area contributed by atoms with Gasteiger partial charge in [-0.2, -0.15) is 0 Å². The highest BCUT2D eigenvalue weighted by Crippen LogP contribution is 2.15. The Morgan fingerprint density at radius 3 is 3.05 bits per heavy atom. The third-order valence-corrected chi connectivity index (χ3v) is 2.75. The molecule has 2 rings (SSSR count). The first-order valence-corrected chi connectivity index (χ1v) is 6.52. The van der Waals surface area contributed by atoms with Crippen LogP contribution in [0.3, 0.4) is 0 Å². The molecule has 1 aliphatic carbocycles. The van der Waals surface area contributed by atoms with Gasteiger partial charge in [0, 0.05) is 6.07 Å². The largest absolute Gasteiger partial charge is 0.486 e. The number of ether oxygens (including phenoxy) is 1. The Bertz CT molecular complexity index is 601. The highest BCUT2D eigenvalue weighted by Gasteiger charge is 2.13. The van der Waals surface area contributed by atoms with Crippen LogP contribution in [0.4, 0.5) is 0 Å². The SMILES string of the molecule is Cc1cc(C(=O)O/N=C(\N)COC2=CCC(C)C=C2)no1. The van der Waals surface area contributed by atoms with Crippen LogP contribution < -0.4 is 5.73 Å². The molecule has 0 amide bonds. The number of hydrogen-bond acceptors (Lipinski definition) is 6. The first-order chi connectivity index (χ1) is 10.0. The third kappa shape index (κ3) is 4.48. The Balaban J connectivity index is 1.79. The molecule has 0 saturated heterocycles. The topological polar surface area (TPSA) is 99.9 Å². The molecular weight excluding hydrogens is 274 g/mol. The smallest absolute Gasteiger partial charge is 0.387 e. The van der Waals surface area contributed by atoms with E-state index in [0.29, 0.717) is 11.7 Å². The lowest BCUT2D eigenvalue weighted by Gasteiger charge is -2.12. The van der Waals surface area contributed by atoms with E-state index in [1.165, 1.54) is 6.07 Å². The Hall–Kier alpha value is -2.57. The normalized spacial score (nSPS) is 18.3. The Labute approximate surface area is 122 Å². The molecule has 0 bridgehead atoms. The number of nitrogens with zero attached hydrogens (tertiary/aromatic N) is 2. The molecule has 1 atom stereocenters. The number of rotatable bonds is 5. The molecule has 112 valence electrons. The van der Waals surface area contributed by atoms with Crippen molar-refractivity contribution in [2.75, 3.05) is 6.61 Å². The van der Waals surface area contributed by atoms with Gasteiger partial charge in [-0.3, -0.25) is 0 Å². The quantitative estimate of drug-likeness (QED) is 0.385. The fraction of sp³-hybridized carbons (Fsp3) is 0.357. The van der Waals surface area contributed by atoms with E-state index in [2.05, 4.69) is 28.1 Å². The van der Waals surface area contributed by atoms with E-state index in [1.807, 2.05) is 12.2 Å². The number of hydrogen-bond donors (Lipinski definition) is 1. The van der Waals surface area contributed by atoms with Crippen LogP contribution in [0.5, 0.6) is 0 Å². The number of amidine groups is 1. The average Bonchev–Trinajstić information content (AvgIpc) is 2.91. The lowest BCUT2D eigenvalue weighted by atomic mass is 10.0. The molecule has 1 unspecified atom stereocenters. The predicted molar refractivity (Wildman–Crippen MR) is 75.2 cm³/mol. The molecule has 21 heavy (non-hydrogen) atoms. The van der Waals surface area contributed by atoms with Crippen molar-refractivity contribution >= 4 is 11.8 Å². The minimum absolute atomic E-state index is 0.0374. The summed E-state index contributed by atoms with van der Waals surface area (Å²) >= 11 is 0. The summed E-state index contributed by atoms with van der Waals surface area (Å²) in [5, 5.41) is 7.01. The van der Waals surface area contributed by atoms with E-state index in [0.717, 1.165) is 12.2 Å². The molecule has 0 spiro atoms. The number of aryl methyl sites for hydroxylation is 1. The molecular formula is C14H17N3O4. The zero-order valence-corrected chi connectivity index (χ0v) is 11.9. The maximum absolute atomic E-state index is 11.5. The molecule has 7 nitrogen and oxygen atoms in total. The summed E-state index contributed by atoms with van der Waals surface area (Å²) in [7, 11) is 0. The van der Waals surface area contributed by atoms with Crippen molar-refractivity contribution in [2.24, 2.45) is 16.8 Å². The van der Waals surface area contributed by atoms with Gasteiger partial charge in [-0.15, -0.1) is 0 Å². The molecule has 0 aromatic carbocycles. The minimum atomic E-state index is -0.736. The summed E-state index contributed by atoms with van der Waals surface area (Å²) in [4.78, 5) is 16.2. The van der Waals surface area contributed by atoms with Crippen LogP contribution in [0.2, 0.25) is 0 Å². The summed E-state index contributed by atoms with van der Waals surface area (Å²) in [5.74, 6) is 1.06. The number of carbonyl (C=O) groups excluding carboxylic acids is 1. The summed E-state index contributed by atoms with van der Waals surface area (Å²) < 4.78 is 10.2. The molecule has 0 saturated carbocycles. The summed E-state index contributed by atoms with van der Waals surface area (Å²) in [6, 6.07) is 1.45. The maximum Gasteiger partial charge on any atom is 0.387 e. The number of nitrogens with two attached hydrogens (primary N) is 1. The van der Waals surface area contributed by atoms with Gasteiger partial charge in [0.2, 0.25) is 0 Å². The van der Waals surface area contributed by atoms with E-state index in [-0.39, 0.29) is 18.1 Å². The lowest BCUT2D eigenvalue weighted by molar-refractivity contribution is 0.0500. The maximum atomic E-state index is 11.5. The highest BCUT2D eigenvalue weighted by atomic mass is 16.7. The zero-order chi connectivity index (χ0) is 15.2. The van der Waals surface area contributed by atoms with Crippen molar-refractivity contribution in [1.29, 1.82) is 0 Å². The van der Waals surface area contributed by atoms with E-state index in [4.69, 9.17) is 15.0 Å². The lowest BCUT2D eigenvalue weighted by Crippen LogP contribution is -2.20. The number of carbonyl (C=O) groups is 1. The summed E-state index contributed by atoms with van der Waals surface area (Å²) in [6.45, 7) is 3.82. The highest BCUT2D eigenvalue weighted by molar-refractivity contribution is 5.88. The summed E-state index contributed by atoms with van der Waals surface area (Å²) in [5.41, 5.74) is 5.64. The number of aromatic nitrogens is 1. The van der Waals surface area contributed by atoms with Crippen LogP contribution >= 0.6 is 0 Å². The summed E-state index contributed by atoms with van der Waals surface area (Å²) in [6.07, 6.45) is 6.83. The number of oxime groups is 1. The molecule has 0 fully saturated rings. The van der Waals surface area contributed by atoms with Gasteiger partial charge in [0.15, 0.2) is 11.5 Å². The second kappa shape index (κ2) is 6.74. The Morgan fingerprint density at radius 1 is 1.62 bits per heavy atom. The van der Waals surface area contributed by atoms with Crippen LogP contribution in [-0.4, -0.2) is 23.6 Å². The van der Waals surface area contributed by atoms with Crippen molar-refractivity contribution in [3.63, 3.8) is 0 Å². The fourth-order valence-electron chi connectivity index (χ4n) is 1.61. The van der Waals surface area contributed by atoms with E-state index < -0.39 is 5.97 Å². The molecule has 1 aromatic heterocycles. The second-order valence-electron chi connectivity index (χ2n) is 4.75. The zero-order valence-electron chi connectivity index (χ0n) is 11.9.